The summed E-state index contributed by atoms with van der Waals surface area (Å²) < 4.78 is 28.6. The van der Waals surface area contributed by atoms with E-state index in [0.717, 1.165) is 17.3 Å². The van der Waals surface area contributed by atoms with Crippen LogP contribution in [0.1, 0.15) is 5.56 Å². The second-order valence-electron chi connectivity index (χ2n) is 5.88. The molecule has 1 aromatic heterocycles. The van der Waals surface area contributed by atoms with Crippen LogP contribution in [-0.4, -0.2) is 29.5 Å². The number of guanidine groups is 1. The molecule has 0 radical (unpaired) electrons. The number of sulfonamides is 1. The minimum Gasteiger partial charge on any atom is -0.369 e. The molecule has 0 saturated heterocycles. The van der Waals surface area contributed by atoms with Gasteiger partial charge in [-0.3, -0.25) is 9.97 Å². The van der Waals surface area contributed by atoms with Gasteiger partial charge >= 0.3 is 0 Å². The maximum Gasteiger partial charge on any atom is 0.285 e. The molecule has 1 aliphatic heterocycles. The Bertz CT molecular complexity index is 1270. The molecule has 2 aromatic carbocycles. The summed E-state index contributed by atoms with van der Waals surface area (Å²) >= 11 is 7.20. The molecule has 1 aliphatic rings. The van der Waals surface area contributed by atoms with E-state index < -0.39 is 10.0 Å². The predicted octanol–water partition coefficient (Wildman–Crippen LogP) is 3.17. The van der Waals surface area contributed by atoms with Crippen LogP contribution >= 0.6 is 23.4 Å². The van der Waals surface area contributed by atoms with Gasteiger partial charge in [0.1, 0.15) is 4.90 Å². The van der Waals surface area contributed by atoms with E-state index in [-0.39, 0.29) is 16.0 Å². The molecular formula is C17H13ClN6O2S2. The number of halogens is 1. The van der Waals surface area contributed by atoms with Crippen LogP contribution < -0.4 is 11.1 Å². The summed E-state index contributed by atoms with van der Waals surface area (Å²) in [5.41, 5.74) is 8.65. The third-order valence-corrected chi connectivity index (χ3v) is 6.74. The van der Waals surface area contributed by atoms with Crippen molar-refractivity contribution in [2.45, 2.75) is 16.7 Å². The highest BCUT2D eigenvalue weighted by Gasteiger charge is 2.27. The number of hydrogen-bond donors (Lipinski definition) is 2. The Morgan fingerprint density at radius 3 is 2.71 bits per heavy atom. The second-order valence-corrected chi connectivity index (χ2v) is 8.87. The Kier molecular flexibility index (Phi) is 4.69. The van der Waals surface area contributed by atoms with Crippen molar-refractivity contribution in [2.75, 3.05) is 5.32 Å². The van der Waals surface area contributed by atoms with Crippen molar-refractivity contribution in [1.29, 1.82) is 0 Å². The topological polar surface area (TPSA) is 123 Å². The number of rotatable bonds is 1. The number of anilines is 1. The van der Waals surface area contributed by atoms with Crippen LogP contribution in [0.5, 0.6) is 0 Å². The zero-order valence-corrected chi connectivity index (χ0v) is 16.8. The lowest BCUT2D eigenvalue weighted by molar-refractivity contribution is 0.595. The number of fused-ring (bicyclic) bond motifs is 2. The number of hydrogen-bond acceptors (Lipinski definition) is 6. The molecule has 8 nitrogen and oxygen atoms in total. The van der Waals surface area contributed by atoms with Crippen molar-refractivity contribution >= 4 is 61.2 Å². The maximum absolute atomic E-state index is 12.4. The molecule has 0 fully saturated rings. The molecule has 142 valence electrons. The van der Waals surface area contributed by atoms with Crippen LogP contribution in [0.25, 0.3) is 11.0 Å². The summed E-state index contributed by atoms with van der Waals surface area (Å²) in [5.74, 6) is -0.00801. The van der Waals surface area contributed by atoms with Gasteiger partial charge in [0.15, 0.2) is 5.96 Å². The van der Waals surface area contributed by atoms with Crippen molar-refractivity contribution in [1.82, 2.24) is 9.97 Å². The largest absolute Gasteiger partial charge is 0.369 e. The number of benzene rings is 2. The molecule has 0 aliphatic carbocycles. The average Bonchev–Trinajstić information content (AvgIpc) is 2.63. The average molecular weight is 433 g/mol. The highest BCUT2D eigenvalue weighted by atomic mass is 35.5. The van der Waals surface area contributed by atoms with E-state index in [2.05, 4.69) is 24.7 Å². The van der Waals surface area contributed by atoms with Crippen molar-refractivity contribution in [3.05, 3.63) is 53.3 Å². The quantitative estimate of drug-likeness (QED) is 0.447. The molecule has 2 heterocycles. The van der Waals surface area contributed by atoms with Crippen molar-refractivity contribution < 1.29 is 8.42 Å². The Labute approximate surface area is 170 Å². The smallest absolute Gasteiger partial charge is 0.285 e. The standard InChI is InChI=1S/C17H13ClN6O2S2/c1-9-6-15-14(8-11(9)18)27-17(24-28(15,25)26)23-16(19)22-10-2-3-12-13(7-10)21-5-4-20-12/h2-8H,1H3,(H3,19,22,23,24). The molecule has 28 heavy (non-hydrogen) atoms. The number of aromatic nitrogens is 2. The van der Waals surface area contributed by atoms with Crippen LogP contribution in [0, 0.1) is 6.92 Å². The molecular weight excluding hydrogens is 420 g/mol. The summed E-state index contributed by atoms with van der Waals surface area (Å²) in [4.78, 5) is 13.1. The fourth-order valence-corrected chi connectivity index (χ4v) is 5.32. The Morgan fingerprint density at radius 2 is 1.93 bits per heavy atom. The first kappa shape index (κ1) is 18.7. The van der Waals surface area contributed by atoms with Gasteiger partial charge in [-0.05, 0) is 54.6 Å². The van der Waals surface area contributed by atoms with Gasteiger partial charge in [0, 0.05) is 28.0 Å². The fourth-order valence-electron chi connectivity index (χ4n) is 2.55. The molecule has 3 aromatic rings. The SMILES string of the molecule is Cc1cc2c(cc1Cl)SC(/N=C(/N)Nc1ccc3nccnc3c1)=NS2(=O)=O. The number of aliphatic imine (C=N–C) groups is 1. The fraction of sp³-hybridized carbons (Fsp3) is 0.0588. The predicted molar refractivity (Wildman–Crippen MR) is 111 cm³/mol. The molecule has 0 spiro atoms. The highest BCUT2D eigenvalue weighted by Crippen LogP contribution is 2.37. The van der Waals surface area contributed by atoms with Crippen molar-refractivity contribution in [3.63, 3.8) is 0 Å². The Morgan fingerprint density at radius 1 is 1.18 bits per heavy atom. The number of nitrogens with one attached hydrogen (secondary N) is 1. The number of amidine groups is 1. The molecule has 0 saturated carbocycles. The minimum atomic E-state index is -3.88. The van der Waals surface area contributed by atoms with E-state index >= 15 is 0 Å². The third kappa shape index (κ3) is 3.66. The lowest BCUT2D eigenvalue weighted by Gasteiger charge is -2.15. The zero-order chi connectivity index (χ0) is 19.9. The normalized spacial score (nSPS) is 15.8. The van der Waals surface area contributed by atoms with Gasteiger partial charge in [-0.25, -0.2) is 0 Å². The van der Waals surface area contributed by atoms with E-state index in [9.17, 15) is 8.42 Å². The molecule has 11 heteroatoms. The first-order valence-electron chi connectivity index (χ1n) is 7.97. The lowest BCUT2D eigenvalue weighted by Crippen LogP contribution is -2.24. The van der Waals surface area contributed by atoms with Crippen LogP contribution in [0.4, 0.5) is 5.69 Å². The van der Waals surface area contributed by atoms with E-state index in [0.29, 0.717) is 26.7 Å². The van der Waals surface area contributed by atoms with Gasteiger partial charge in [0.05, 0.1) is 11.0 Å². The second kappa shape index (κ2) is 7.04. The van der Waals surface area contributed by atoms with E-state index in [1.54, 1.807) is 43.6 Å². The number of nitrogens with zero attached hydrogens (tertiary/aromatic N) is 4. The van der Waals surface area contributed by atoms with Gasteiger partial charge in [0.25, 0.3) is 10.0 Å². The van der Waals surface area contributed by atoms with Crippen LogP contribution in [-0.2, 0) is 10.0 Å². The van der Waals surface area contributed by atoms with E-state index in [1.807, 2.05) is 0 Å². The van der Waals surface area contributed by atoms with Gasteiger partial charge in [-0.1, -0.05) is 11.6 Å². The summed E-state index contributed by atoms with van der Waals surface area (Å²) in [7, 11) is -3.88. The van der Waals surface area contributed by atoms with Gasteiger partial charge in [0.2, 0.25) is 5.17 Å². The van der Waals surface area contributed by atoms with Gasteiger partial charge < -0.3 is 11.1 Å². The lowest BCUT2D eigenvalue weighted by atomic mass is 10.2. The molecule has 0 bridgehead atoms. The third-order valence-electron chi connectivity index (χ3n) is 3.86. The summed E-state index contributed by atoms with van der Waals surface area (Å²) in [6.07, 6.45) is 3.20. The molecule has 3 N–H and O–H groups in total. The van der Waals surface area contributed by atoms with Crippen LogP contribution in [0.3, 0.4) is 0 Å². The zero-order valence-electron chi connectivity index (χ0n) is 14.4. The number of nitrogens with two attached hydrogens (primary N) is 1. The molecule has 0 atom stereocenters. The molecule has 0 unspecified atom stereocenters. The van der Waals surface area contributed by atoms with E-state index in [1.165, 1.54) is 6.07 Å². The Balaban J connectivity index is 1.62. The molecule has 0 amide bonds. The van der Waals surface area contributed by atoms with Crippen molar-refractivity contribution in [3.8, 4) is 0 Å². The Hall–Kier alpha value is -2.69. The summed E-state index contributed by atoms with van der Waals surface area (Å²) in [6, 6.07) is 8.40. The number of aryl methyl sites for hydroxylation is 1. The number of thioether (sulfide) groups is 1. The van der Waals surface area contributed by atoms with Crippen LogP contribution in [0.2, 0.25) is 5.02 Å². The molecule has 4 rings (SSSR count). The summed E-state index contributed by atoms with van der Waals surface area (Å²) in [5, 5.41) is 3.36. The van der Waals surface area contributed by atoms with Crippen molar-refractivity contribution in [2.24, 2.45) is 15.1 Å². The van der Waals surface area contributed by atoms with Crippen LogP contribution in [0.15, 0.2) is 61.9 Å². The van der Waals surface area contributed by atoms with Gasteiger partial charge in [-0.2, -0.15) is 13.4 Å². The summed E-state index contributed by atoms with van der Waals surface area (Å²) in [6.45, 7) is 1.73. The van der Waals surface area contributed by atoms with E-state index in [4.69, 9.17) is 17.3 Å². The first-order valence-corrected chi connectivity index (χ1v) is 10.6. The maximum atomic E-state index is 12.4. The van der Waals surface area contributed by atoms with Gasteiger partial charge in [-0.15, -0.1) is 4.40 Å². The minimum absolute atomic E-state index is 0.00185. The first-order chi connectivity index (χ1) is 13.3. The highest BCUT2D eigenvalue weighted by molar-refractivity contribution is 8.15. The monoisotopic (exact) mass is 432 g/mol.